The van der Waals surface area contributed by atoms with Crippen LogP contribution in [0.25, 0.3) is 6.08 Å². The molecule has 2 aromatic carbocycles. The minimum absolute atomic E-state index is 0.219. The number of anilines is 2. The molecule has 0 unspecified atom stereocenters. The van der Waals surface area contributed by atoms with Gasteiger partial charge in [-0.05, 0) is 67.3 Å². The molecule has 5 nitrogen and oxygen atoms in total. The molecule has 146 valence electrons. The Labute approximate surface area is 170 Å². The fourth-order valence-corrected chi connectivity index (χ4v) is 2.92. The number of amides is 2. The maximum absolute atomic E-state index is 12.7. The fraction of sp³-hybridized carbons (Fsp3) is 0.125. The Bertz CT molecular complexity index is 1050. The molecule has 0 saturated carbocycles. The van der Waals surface area contributed by atoms with Crippen molar-refractivity contribution >= 4 is 29.3 Å². The van der Waals surface area contributed by atoms with Gasteiger partial charge in [-0.2, -0.15) is 0 Å². The van der Waals surface area contributed by atoms with Crippen molar-refractivity contribution in [3.8, 4) is 0 Å². The first-order chi connectivity index (χ1) is 13.9. The largest absolute Gasteiger partial charge is 0.322 e. The third-order valence-electron chi connectivity index (χ3n) is 4.59. The summed E-state index contributed by atoms with van der Waals surface area (Å²) in [4.78, 5) is 29.0. The van der Waals surface area contributed by atoms with Crippen LogP contribution in [0.5, 0.6) is 0 Å². The topological polar surface area (TPSA) is 71.1 Å². The molecule has 0 radical (unpaired) electrons. The van der Waals surface area contributed by atoms with E-state index in [0.717, 1.165) is 27.9 Å². The van der Waals surface area contributed by atoms with Gasteiger partial charge in [-0.15, -0.1) is 0 Å². The van der Waals surface area contributed by atoms with E-state index in [9.17, 15) is 9.59 Å². The highest BCUT2D eigenvalue weighted by molar-refractivity contribution is 6.07. The second kappa shape index (κ2) is 8.97. The Morgan fingerprint density at radius 1 is 0.897 bits per heavy atom. The van der Waals surface area contributed by atoms with Crippen molar-refractivity contribution in [3.05, 3.63) is 94.8 Å². The highest BCUT2D eigenvalue weighted by Gasteiger charge is 2.12. The van der Waals surface area contributed by atoms with Gasteiger partial charge in [0.2, 0.25) is 5.91 Å². The zero-order chi connectivity index (χ0) is 20.8. The van der Waals surface area contributed by atoms with Crippen molar-refractivity contribution in [2.75, 3.05) is 10.6 Å². The molecule has 2 amide bonds. The summed E-state index contributed by atoms with van der Waals surface area (Å²) in [7, 11) is 0. The van der Waals surface area contributed by atoms with E-state index in [0.29, 0.717) is 11.3 Å². The second-order valence-electron chi connectivity index (χ2n) is 6.86. The molecule has 29 heavy (non-hydrogen) atoms. The highest BCUT2D eigenvalue weighted by atomic mass is 16.2. The molecule has 0 fully saturated rings. The Kier molecular flexibility index (Phi) is 6.19. The smallest absolute Gasteiger partial charge is 0.255 e. The minimum Gasteiger partial charge on any atom is -0.322 e. The molecule has 0 bridgehead atoms. The quantitative estimate of drug-likeness (QED) is 0.613. The third kappa shape index (κ3) is 5.17. The number of rotatable bonds is 5. The molecule has 0 aliphatic carbocycles. The van der Waals surface area contributed by atoms with Gasteiger partial charge in [0.15, 0.2) is 0 Å². The van der Waals surface area contributed by atoms with E-state index in [1.165, 1.54) is 6.08 Å². The number of carbonyl (C=O) groups excluding carboxylic acids is 2. The van der Waals surface area contributed by atoms with Crippen molar-refractivity contribution in [1.82, 2.24) is 4.98 Å². The standard InChI is InChI=1S/C24H23N3O2/c1-16-9-11-20(24(29)27-23-17(2)6-4-7-18(23)3)14-21(16)26-22(28)12-10-19-8-5-13-25-15-19/h4-15H,1-3H3,(H,26,28)(H,27,29)/b12-10+. The Balaban J connectivity index is 1.74. The van der Waals surface area contributed by atoms with Crippen LogP contribution < -0.4 is 10.6 Å². The molecular weight excluding hydrogens is 362 g/mol. The molecule has 0 spiro atoms. The van der Waals surface area contributed by atoms with E-state index in [2.05, 4.69) is 15.6 Å². The number of nitrogens with one attached hydrogen (secondary N) is 2. The van der Waals surface area contributed by atoms with E-state index < -0.39 is 0 Å². The zero-order valence-electron chi connectivity index (χ0n) is 16.7. The summed E-state index contributed by atoms with van der Waals surface area (Å²) in [6, 6.07) is 14.8. The predicted molar refractivity (Wildman–Crippen MR) is 117 cm³/mol. The van der Waals surface area contributed by atoms with Crippen LogP contribution in [0, 0.1) is 20.8 Å². The third-order valence-corrected chi connectivity index (χ3v) is 4.59. The molecule has 0 aliphatic rings. The van der Waals surface area contributed by atoms with Gasteiger partial charge >= 0.3 is 0 Å². The average Bonchev–Trinajstić information content (AvgIpc) is 2.71. The Hall–Kier alpha value is -3.73. The van der Waals surface area contributed by atoms with E-state index in [-0.39, 0.29) is 11.8 Å². The van der Waals surface area contributed by atoms with E-state index in [1.54, 1.807) is 36.7 Å². The lowest BCUT2D eigenvalue weighted by atomic mass is 10.1. The number of pyridine rings is 1. The van der Waals surface area contributed by atoms with Gasteiger partial charge in [0.05, 0.1) is 0 Å². The summed E-state index contributed by atoms with van der Waals surface area (Å²) >= 11 is 0. The van der Waals surface area contributed by atoms with Crippen LogP contribution in [-0.4, -0.2) is 16.8 Å². The van der Waals surface area contributed by atoms with Crippen LogP contribution in [0.2, 0.25) is 0 Å². The van der Waals surface area contributed by atoms with Gasteiger partial charge in [0.1, 0.15) is 0 Å². The number of hydrogen-bond acceptors (Lipinski definition) is 3. The monoisotopic (exact) mass is 385 g/mol. The number of aryl methyl sites for hydroxylation is 3. The minimum atomic E-state index is -0.274. The molecule has 3 rings (SSSR count). The van der Waals surface area contributed by atoms with Gasteiger partial charge < -0.3 is 10.6 Å². The van der Waals surface area contributed by atoms with Gasteiger partial charge in [0, 0.05) is 35.4 Å². The first-order valence-electron chi connectivity index (χ1n) is 9.31. The van der Waals surface area contributed by atoms with E-state index >= 15 is 0 Å². The number of hydrogen-bond donors (Lipinski definition) is 2. The first kappa shape index (κ1) is 20.0. The molecule has 2 N–H and O–H groups in total. The maximum Gasteiger partial charge on any atom is 0.255 e. The fourth-order valence-electron chi connectivity index (χ4n) is 2.92. The Morgan fingerprint density at radius 2 is 1.66 bits per heavy atom. The summed E-state index contributed by atoms with van der Waals surface area (Å²) in [5.74, 6) is -0.493. The normalized spacial score (nSPS) is 10.7. The van der Waals surface area contributed by atoms with E-state index in [1.807, 2.05) is 51.1 Å². The number of carbonyl (C=O) groups is 2. The molecular formula is C24H23N3O2. The van der Waals surface area contributed by atoms with Gasteiger partial charge in [-0.3, -0.25) is 14.6 Å². The molecule has 1 aromatic heterocycles. The highest BCUT2D eigenvalue weighted by Crippen LogP contribution is 2.22. The summed E-state index contributed by atoms with van der Waals surface area (Å²) in [5.41, 5.74) is 5.59. The van der Waals surface area contributed by atoms with Crippen LogP contribution in [0.4, 0.5) is 11.4 Å². The Morgan fingerprint density at radius 3 is 2.34 bits per heavy atom. The number of para-hydroxylation sites is 1. The predicted octanol–water partition coefficient (Wildman–Crippen LogP) is 4.91. The lowest BCUT2D eigenvalue weighted by molar-refractivity contribution is -0.111. The van der Waals surface area contributed by atoms with Gasteiger partial charge in [0.25, 0.3) is 5.91 Å². The van der Waals surface area contributed by atoms with Crippen molar-refractivity contribution in [1.29, 1.82) is 0 Å². The molecule has 0 saturated heterocycles. The average molecular weight is 385 g/mol. The maximum atomic E-state index is 12.7. The molecule has 1 heterocycles. The van der Waals surface area contributed by atoms with Crippen LogP contribution >= 0.6 is 0 Å². The summed E-state index contributed by atoms with van der Waals surface area (Å²) in [6.45, 7) is 5.80. The number of aromatic nitrogens is 1. The molecule has 5 heteroatoms. The first-order valence-corrected chi connectivity index (χ1v) is 9.31. The zero-order valence-corrected chi connectivity index (χ0v) is 16.7. The van der Waals surface area contributed by atoms with E-state index in [4.69, 9.17) is 0 Å². The summed E-state index contributed by atoms with van der Waals surface area (Å²) in [5, 5.41) is 5.81. The molecule has 3 aromatic rings. The number of benzene rings is 2. The SMILES string of the molecule is Cc1ccc(C(=O)Nc2c(C)cccc2C)cc1NC(=O)/C=C/c1cccnc1. The van der Waals surface area contributed by atoms with Crippen LogP contribution in [0.1, 0.15) is 32.6 Å². The molecule has 0 aliphatic heterocycles. The van der Waals surface area contributed by atoms with Gasteiger partial charge in [-0.1, -0.05) is 30.3 Å². The van der Waals surface area contributed by atoms with Crippen molar-refractivity contribution in [3.63, 3.8) is 0 Å². The second-order valence-corrected chi connectivity index (χ2v) is 6.86. The van der Waals surface area contributed by atoms with Crippen LogP contribution in [0.15, 0.2) is 67.0 Å². The molecule has 0 atom stereocenters. The van der Waals surface area contributed by atoms with Crippen molar-refractivity contribution in [2.24, 2.45) is 0 Å². The van der Waals surface area contributed by atoms with Crippen LogP contribution in [-0.2, 0) is 4.79 Å². The lowest BCUT2D eigenvalue weighted by Crippen LogP contribution is -2.15. The lowest BCUT2D eigenvalue weighted by Gasteiger charge is -2.13. The van der Waals surface area contributed by atoms with Crippen molar-refractivity contribution in [2.45, 2.75) is 20.8 Å². The van der Waals surface area contributed by atoms with Gasteiger partial charge in [-0.25, -0.2) is 0 Å². The van der Waals surface area contributed by atoms with Crippen molar-refractivity contribution < 1.29 is 9.59 Å². The van der Waals surface area contributed by atoms with Crippen LogP contribution in [0.3, 0.4) is 0 Å². The summed E-state index contributed by atoms with van der Waals surface area (Å²) in [6.07, 6.45) is 6.48. The number of nitrogens with zero attached hydrogens (tertiary/aromatic N) is 1. The summed E-state index contributed by atoms with van der Waals surface area (Å²) < 4.78 is 0.